The fraction of sp³-hybridized carbons (Fsp3) is 0.588. The third kappa shape index (κ3) is 3.59. The first-order valence-electron chi connectivity index (χ1n) is 8.42. The second-order valence-electron chi connectivity index (χ2n) is 6.47. The maximum Gasteiger partial charge on any atom is 0.330 e. The van der Waals surface area contributed by atoms with Crippen LogP contribution in [0.1, 0.15) is 29.9 Å². The summed E-state index contributed by atoms with van der Waals surface area (Å²) in [5.74, 6) is 0.517. The van der Waals surface area contributed by atoms with Gasteiger partial charge in [-0.25, -0.2) is 9.78 Å². The number of hydrogen-bond donors (Lipinski definition) is 0. The molecule has 7 nitrogen and oxygen atoms in total. The molecule has 0 radical (unpaired) electrons. The molecular formula is C17H24N4O3S. The Morgan fingerprint density at radius 3 is 2.72 bits per heavy atom. The SMILES string of the molecule is Cc1nc(SCc2cc(=O)n(C)c(=O)n2C)n(CC2CCCO2)c1C. The summed E-state index contributed by atoms with van der Waals surface area (Å²) in [6.07, 6.45) is 2.42. The van der Waals surface area contributed by atoms with Crippen molar-refractivity contribution < 1.29 is 4.74 Å². The van der Waals surface area contributed by atoms with Crippen molar-refractivity contribution in [3.05, 3.63) is 44.0 Å². The quantitative estimate of drug-likeness (QED) is 0.750. The van der Waals surface area contributed by atoms with E-state index in [1.54, 1.807) is 18.8 Å². The Balaban J connectivity index is 1.83. The predicted octanol–water partition coefficient (Wildman–Crippen LogP) is 1.37. The van der Waals surface area contributed by atoms with Crippen molar-refractivity contribution >= 4 is 11.8 Å². The molecule has 1 unspecified atom stereocenters. The molecule has 1 saturated heterocycles. The molecule has 0 bridgehead atoms. The number of nitrogens with zero attached hydrogens (tertiary/aromatic N) is 4. The van der Waals surface area contributed by atoms with Crippen molar-refractivity contribution in [2.45, 2.75) is 50.2 Å². The minimum absolute atomic E-state index is 0.236. The van der Waals surface area contributed by atoms with Gasteiger partial charge in [0, 0.05) is 43.9 Å². The lowest BCUT2D eigenvalue weighted by atomic mass is 10.2. The molecule has 0 aromatic carbocycles. The van der Waals surface area contributed by atoms with Crippen molar-refractivity contribution in [1.82, 2.24) is 18.7 Å². The second-order valence-corrected chi connectivity index (χ2v) is 7.42. The van der Waals surface area contributed by atoms with Gasteiger partial charge in [-0.05, 0) is 26.7 Å². The number of thioether (sulfide) groups is 1. The van der Waals surface area contributed by atoms with Crippen LogP contribution >= 0.6 is 11.8 Å². The summed E-state index contributed by atoms with van der Waals surface area (Å²) in [5.41, 5.74) is 2.24. The molecule has 1 fully saturated rings. The highest BCUT2D eigenvalue weighted by atomic mass is 32.2. The molecule has 3 heterocycles. The van der Waals surface area contributed by atoms with E-state index in [0.29, 0.717) is 11.4 Å². The van der Waals surface area contributed by atoms with Gasteiger partial charge >= 0.3 is 5.69 Å². The number of hydrogen-bond acceptors (Lipinski definition) is 5. The zero-order valence-electron chi connectivity index (χ0n) is 15.1. The molecule has 0 aliphatic carbocycles. The Hall–Kier alpha value is -1.80. The van der Waals surface area contributed by atoms with Gasteiger partial charge in [-0.1, -0.05) is 11.8 Å². The number of ether oxygens (including phenoxy) is 1. The molecule has 25 heavy (non-hydrogen) atoms. The highest BCUT2D eigenvalue weighted by Gasteiger charge is 2.20. The van der Waals surface area contributed by atoms with Gasteiger partial charge in [-0.3, -0.25) is 13.9 Å². The van der Waals surface area contributed by atoms with Crippen LogP contribution in [0, 0.1) is 13.8 Å². The van der Waals surface area contributed by atoms with Gasteiger partial charge in [0.1, 0.15) is 0 Å². The first-order valence-corrected chi connectivity index (χ1v) is 9.41. The average molecular weight is 364 g/mol. The van der Waals surface area contributed by atoms with Gasteiger partial charge in [-0.2, -0.15) is 0 Å². The summed E-state index contributed by atoms with van der Waals surface area (Å²) in [5, 5.41) is 0.902. The zero-order valence-corrected chi connectivity index (χ0v) is 15.9. The van der Waals surface area contributed by atoms with Crippen LogP contribution in [0.4, 0.5) is 0 Å². The standard InChI is InChI=1S/C17H24N4O3S/c1-11-12(2)21(9-14-6-5-7-24-14)16(18-11)25-10-13-8-15(22)20(4)17(23)19(13)3/h8,14H,5-7,9-10H2,1-4H3. The number of rotatable bonds is 5. The molecule has 136 valence electrons. The lowest BCUT2D eigenvalue weighted by Crippen LogP contribution is -2.37. The summed E-state index contributed by atoms with van der Waals surface area (Å²) in [6.45, 7) is 5.69. The lowest BCUT2D eigenvalue weighted by Gasteiger charge is -2.15. The van der Waals surface area contributed by atoms with Crippen molar-refractivity contribution in [3.8, 4) is 0 Å². The minimum Gasteiger partial charge on any atom is -0.376 e. The second kappa shape index (κ2) is 7.21. The molecule has 1 atom stereocenters. The zero-order chi connectivity index (χ0) is 18.1. The number of imidazole rings is 1. The lowest BCUT2D eigenvalue weighted by molar-refractivity contribution is 0.0945. The number of aryl methyl sites for hydroxylation is 1. The van der Waals surface area contributed by atoms with E-state index in [4.69, 9.17) is 4.74 Å². The van der Waals surface area contributed by atoms with Crippen LogP contribution < -0.4 is 11.2 Å². The molecule has 2 aromatic heterocycles. The maximum absolute atomic E-state index is 12.1. The minimum atomic E-state index is -0.307. The van der Waals surface area contributed by atoms with Crippen molar-refractivity contribution in [1.29, 1.82) is 0 Å². The first kappa shape index (κ1) is 18.0. The van der Waals surface area contributed by atoms with Crippen LogP contribution in [-0.4, -0.2) is 31.4 Å². The summed E-state index contributed by atoms with van der Waals surface area (Å²) in [6, 6.07) is 1.52. The highest BCUT2D eigenvalue weighted by Crippen LogP contribution is 2.26. The smallest absolute Gasteiger partial charge is 0.330 e. The normalized spacial score (nSPS) is 17.4. The van der Waals surface area contributed by atoms with Gasteiger partial charge in [0.15, 0.2) is 5.16 Å². The van der Waals surface area contributed by atoms with Crippen LogP contribution in [0.3, 0.4) is 0 Å². The Labute approximate surface area is 150 Å². The maximum atomic E-state index is 12.1. The van der Waals surface area contributed by atoms with E-state index in [9.17, 15) is 9.59 Å². The summed E-state index contributed by atoms with van der Waals surface area (Å²) >= 11 is 1.54. The van der Waals surface area contributed by atoms with Gasteiger partial charge < -0.3 is 9.30 Å². The van der Waals surface area contributed by atoms with Crippen LogP contribution in [-0.2, 0) is 31.1 Å². The highest BCUT2D eigenvalue weighted by molar-refractivity contribution is 7.98. The molecule has 0 amide bonds. The van der Waals surface area contributed by atoms with Crippen LogP contribution in [0.25, 0.3) is 0 Å². The van der Waals surface area contributed by atoms with E-state index >= 15 is 0 Å². The molecule has 2 aromatic rings. The molecule has 3 rings (SSSR count). The number of aromatic nitrogens is 4. The molecular weight excluding hydrogens is 340 g/mol. The first-order chi connectivity index (χ1) is 11.9. The Morgan fingerprint density at radius 2 is 2.04 bits per heavy atom. The Morgan fingerprint density at radius 1 is 1.28 bits per heavy atom. The van der Waals surface area contributed by atoms with Crippen LogP contribution in [0.5, 0.6) is 0 Å². The molecule has 0 spiro atoms. The fourth-order valence-electron chi connectivity index (χ4n) is 3.00. The monoisotopic (exact) mass is 364 g/mol. The third-order valence-electron chi connectivity index (χ3n) is 4.81. The Kier molecular flexibility index (Phi) is 5.19. The van der Waals surface area contributed by atoms with Crippen LogP contribution in [0.2, 0.25) is 0 Å². The van der Waals surface area contributed by atoms with E-state index in [1.807, 2.05) is 6.92 Å². The van der Waals surface area contributed by atoms with Crippen molar-refractivity contribution in [3.63, 3.8) is 0 Å². The van der Waals surface area contributed by atoms with Gasteiger partial charge in [0.2, 0.25) is 0 Å². The summed E-state index contributed by atoms with van der Waals surface area (Å²) in [4.78, 5) is 28.6. The van der Waals surface area contributed by atoms with E-state index in [2.05, 4.69) is 16.5 Å². The largest absolute Gasteiger partial charge is 0.376 e. The predicted molar refractivity (Wildman–Crippen MR) is 97.2 cm³/mol. The summed E-state index contributed by atoms with van der Waals surface area (Å²) < 4.78 is 10.6. The van der Waals surface area contributed by atoms with Gasteiger partial charge in [0.05, 0.1) is 18.3 Å². The Bertz CT molecular complexity index is 891. The van der Waals surface area contributed by atoms with Crippen molar-refractivity contribution in [2.75, 3.05) is 6.61 Å². The van der Waals surface area contributed by atoms with E-state index in [-0.39, 0.29) is 17.4 Å². The van der Waals surface area contributed by atoms with Gasteiger partial charge in [0.25, 0.3) is 5.56 Å². The fourth-order valence-corrected chi connectivity index (χ4v) is 4.12. The topological polar surface area (TPSA) is 71.0 Å². The van der Waals surface area contributed by atoms with E-state index in [1.165, 1.54) is 17.7 Å². The molecule has 1 aliphatic heterocycles. The third-order valence-corrected chi connectivity index (χ3v) is 5.82. The molecule has 1 aliphatic rings. The average Bonchev–Trinajstić information content (AvgIpc) is 3.19. The van der Waals surface area contributed by atoms with Crippen LogP contribution in [0.15, 0.2) is 20.8 Å². The molecule has 0 N–H and O–H groups in total. The van der Waals surface area contributed by atoms with Gasteiger partial charge in [-0.15, -0.1) is 0 Å². The molecule has 0 saturated carbocycles. The van der Waals surface area contributed by atoms with Crippen molar-refractivity contribution in [2.24, 2.45) is 14.1 Å². The van der Waals surface area contributed by atoms with E-state index in [0.717, 1.165) is 47.1 Å². The molecule has 8 heteroatoms. The van der Waals surface area contributed by atoms with E-state index < -0.39 is 0 Å². The summed E-state index contributed by atoms with van der Waals surface area (Å²) in [7, 11) is 3.18.